The van der Waals surface area contributed by atoms with Crippen molar-refractivity contribution in [3.63, 3.8) is 0 Å². The van der Waals surface area contributed by atoms with Crippen LogP contribution in [0.15, 0.2) is 18.2 Å². The molecule has 2 fully saturated rings. The van der Waals surface area contributed by atoms with Crippen molar-refractivity contribution in [2.45, 2.75) is 25.1 Å². The van der Waals surface area contributed by atoms with Crippen LogP contribution in [-0.4, -0.2) is 80.4 Å². The topological polar surface area (TPSA) is 31.8 Å². The van der Waals surface area contributed by atoms with Crippen molar-refractivity contribution in [2.75, 3.05) is 64.4 Å². The Morgan fingerprint density at radius 3 is 2.38 bits per heavy atom. The van der Waals surface area contributed by atoms with Gasteiger partial charge >= 0.3 is 6.18 Å². The number of ether oxygens (including phenoxy) is 1. The zero-order valence-electron chi connectivity index (χ0n) is 15.2. The van der Waals surface area contributed by atoms with E-state index < -0.39 is 11.9 Å². The Morgan fingerprint density at radius 2 is 1.77 bits per heavy atom. The highest BCUT2D eigenvalue weighted by molar-refractivity contribution is 5.40. The summed E-state index contributed by atoms with van der Waals surface area (Å²) < 4.78 is 43.7. The van der Waals surface area contributed by atoms with Crippen LogP contribution >= 0.6 is 0 Å². The molecule has 3 rings (SSSR count). The molecule has 0 bridgehead atoms. The molecule has 0 N–H and O–H groups in total. The van der Waals surface area contributed by atoms with E-state index >= 15 is 0 Å². The van der Waals surface area contributed by atoms with Crippen molar-refractivity contribution < 1.29 is 17.9 Å². The minimum atomic E-state index is -4.39. The fourth-order valence-electron chi connectivity index (χ4n) is 3.80. The molecule has 2 aliphatic heterocycles. The van der Waals surface area contributed by atoms with Crippen LogP contribution in [0.5, 0.6) is 0 Å². The van der Waals surface area contributed by atoms with Crippen molar-refractivity contribution >= 4 is 5.82 Å². The highest BCUT2D eigenvalue weighted by Crippen LogP contribution is 2.29. The Kier molecular flexibility index (Phi) is 6.37. The molecule has 0 aromatic carbocycles. The number of rotatable bonds is 5. The van der Waals surface area contributed by atoms with E-state index in [0.29, 0.717) is 11.9 Å². The second-order valence-corrected chi connectivity index (χ2v) is 6.97. The number of aromatic nitrogens is 1. The summed E-state index contributed by atoms with van der Waals surface area (Å²) in [6, 6.07) is 4.70. The summed E-state index contributed by atoms with van der Waals surface area (Å²) in [6.45, 7) is 7.12. The number of nitrogens with zero attached hydrogens (tertiary/aromatic N) is 4. The molecular formula is C18H27F3N4O. The SMILES string of the molecule is COCCN1CCC(N2CCN(c3cccc(C(F)(F)F)n3)CC2)CC1. The van der Waals surface area contributed by atoms with Gasteiger partial charge in [0.05, 0.1) is 6.61 Å². The average molecular weight is 372 g/mol. The monoisotopic (exact) mass is 372 g/mol. The molecule has 5 nitrogen and oxygen atoms in total. The lowest BCUT2D eigenvalue weighted by atomic mass is 10.0. The number of hydrogen-bond acceptors (Lipinski definition) is 5. The van der Waals surface area contributed by atoms with Crippen LogP contribution in [0.3, 0.4) is 0 Å². The zero-order chi connectivity index (χ0) is 18.6. The predicted octanol–water partition coefficient (Wildman–Crippen LogP) is 2.33. The number of hydrogen-bond donors (Lipinski definition) is 0. The number of halogens is 3. The number of anilines is 1. The molecular weight excluding hydrogens is 345 g/mol. The number of alkyl halides is 3. The van der Waals surface area contributed by atoms with Crippen LogP contribution in [0, 0.1) is 0 Å². The van der Waals surface area contributed by atoms with Crippen molar-refractivity contribution in [2.24, 2.45) is 0 Å². The molecule has 2 aliphatic rings. The van der Waals surface area contributed by atoms with Crippen LogP contribution < -0.4 is 4.90 Å². The van der Waals surface area contributed by atoms with E-state index in [9.17, 15) is 13.2 Å². The van der Waals surface area contributed by atoms with E-state index in [1.807, 2.05) is 4.90 Å². The molecule has 0 spiro atoms. The third-order valence-corrected chi connectivity index (χ3v) is 5.35. The lowest BCUT2D eigenvalue weighted by Crippen LogP contribution is -2.53. The lowest BCUT2D eigenvalue weighted by molar-refractivity contribution is -0.141. The fourth-order valence-corrected chi connectivity index (χ4v) is 3.80. The van der Waals surface area contributed by atoms with E-state index in [4.69, 9.17) is 4.74 Å². The van der Waals surface area contributed by atoms with Crippen LogP contribution in [0.1, 0.15) is 18.5 Å². The first-order valence-corrected chi connectivity index (χ1v) is 9.22. The quantitative estimate of drug-likeness (QED) is 0.792. The van der Waals surface area contributed by atoms with Gasteiger partial charge in [0.15, 0.2) is 0 Å². The Morgan fingerprint density at radius 1 is 1.08 bits per heavy atom. The summed E-state index contributed by atoms with van der Waals surface area (Å²) in [5.41, 5.74) is -0.819. The molecule has 0 atom stereocenters. The second kappa shape index (κ2) is 8.54. The van der Waals surface area contributed by atoms with Gasteiger partial charge in [-0.2, -0.15) is 13.2 Å². The normalized spacial score (nSPS) is 21.3. The van der Waals surface area contributed by atoms with Crippen molar-refractivity contribution in [3.05, 3.63) is 23.9 Å². The van der Waals surface area contributed by atoms with Crippen molar-refractivity contribution in [1.29, 1.82) is 0 Å². The van der Waals surface area contributed by atoms with E-state index in [1.165, 1.54) is 6.07 Å². The third kappa shape index (κ3) is 4.86. The summed E-state index contributed by atoms with van der Waals surface area (Å²) in [4.78, 5) is 10.7. The number of likely N-dealkylation sites (tertiary alicyclic amines) is 1. The Labute approximate surface area is 152 Å². The van der Waals surface area contributed by atoms with Gasteiger partial charge in [-0.15, -0.1) is 0 Å². The molecule has 0 radical (unpaired) electrons. The standard InChI is InChI=1S/C18H27F3N4O/c1-26-14-13-23-7-5-15(6-8-23)24-9-11-25(12-10-24)17-4-2-3-16(22-17)18(19,20)21/h2-4,15H,5-14H2,1H3. The average Bonchev–Trinajstić information content (AvgIpc) is 2.66. The van der Waals surface area contributed by atoms with E-state index in [1.54, 1.807) is 13.2 Å². The number of methoxy groups -OCH3 is 1. The number of piperazine rings is 1. The van der Waals surface area contributed by atoms with Gasteiger partial charge in [-0.3, -0.25) is 4.90 Å². The van der Waals surface area contributed by atoms with Crippen LogP contribution in [0.4, 0.5) is 19.0 Å². The van der Waals surface area contributed by atoms with Crippen LogP contribution in [0.2, 0.25) is 0 Å². The molecule has 1 aromatic rings. The first-order valence-electron chi connectivity index (χ1n) is 9.22. The maximum Gasteiger partial charge on any atom is 0.433 e. The highest BCUT2D eigenvalue weighted by Gasteiger charge is 2.33. The van der Waals surface area contributed by atoms with Gasteiger partial charge in [0.1, 0.15) is 11.5 Å². The molecule has 0 unspecified atom stereocenters. The molecule has 26 heavy (non-hydrogen) atoms. The summed E-state index contributed by atoms with van der Waals surface area (Å²) in [7, 11) is 1.73. The molecule has 8 heteroatoms. The van der Waals surface area contributed by atoms with Gasteiger partial charge in [0.2, 0.25) is 0 Å². The number of pyridine rings is 1. The predicted molar refractivity (Wildman–Crippen MR) is 94.4 cm³/mol. The van der Waals surface area contributed by atoms with Crippen LogP contribution in [-0.2, 0) is 10.9 Å². The molecule has 146 valence electrons. The van der Waals surface area contributed by atoms with Crippen LogP contribution in [0.25, 0.3) is 0 Å². The highest BCUT2D eigenvalue weighted by atomic mass is 19.4. The molecule has 0 aliphatic carbocycles. The maximum atomic E-state index is 12.8. The first kappa shape index (κ1) is 19.4. The second-order valence-electron chi connectivity index (χ2n) is 6.97. The summed E-state index contributed by atoms with van der Waals surface area (Å²) in [5, 5.41) is 0. The first-order chi connectivity index (χ1) is 12.5. The van der Waals surface area contributed by atoms with Gasteiger partial charge < -0.3 is 14.5 Å². The van der Waals surface area contributed by atoms with E-state index in [-0.39, 0.29) is 0 Å². The Bertz CT molecular complexity index is 568. The minimum Gasteiger partial charge on any atom is -0.383 e. The lowest BCUT2D eigenvalue weighted by Gasteiger charge is -2.43. The van der Waals surface area contributed by atoms with Gasteiger partial charge in [0.25, 0.3) is 0 Å². The zero-order valence-corrected chi connectivity index (χ0v) is 15.2. The molecule has 0 amide bonds. The molecule has 2 saturated heterocycles. The van der Waals surface area contributed by atoms with Gasteiger partial charge in [0, 0.05) is 45.9 Å². The number of piperidine rings is 1. The van der Waals surface area contributed by atoms with Gasteiger partial charge in [-0.05, 0) is 38.1 Å². The summed E-state index contributed by atoms with van der Waals surface area (Å²) >= 11 is 0. The van der Waals surface area contributed by atoms with E-state index in [2.05, 4.69) is 14.8 Å². The Hall–Kier alpha value is -1.38. The van der Waals surface area contributed by atoms with Crippen molar-refractivity contribution in [1.82, 2.24) is 14.8 Å². The van der Waals surface area contributed by atoms with Crippen molar-refractivity contribution in [3.8, 4) is 0 Å². The van der Waals surface area contributed by atoms with Gasteiger partial charge in [-0.1, -0.05) is 6.07 Å². The molecule has 1 aromatic heterocycles. The van der Waals surface area contributed by atoms with E-state index in [0.717, 1.165) is 71.3 Å². The largest absolute Gasteiger partial charge is 0.433 e. The summed E-state index contributed by atoms with van der Waals surface area (Å²) in [5.74, 6) is 0.425. The molecule has 3 heterocycles. The fraction of sp³-hybridized carbons (Fsp3) is 0.722. The molecule has 0 saturated carbocycles. The Balaban J connectivity index is 1.49. The summed E-state index contributed by atoms with van der Waals surface area (Å²) in [6.07, 6.45) is -2.11. The third-order valence-electron chi connectivity index (χ3n) is 5.35. The van der Waals surface area contributed by atoms with Gasteiger partial charge in [-0.25, -0.2) is 4.98 Å². The smallest absolute Gasteiger partial charge is 0.383 e. The maximum absolute atomic E-state index is 12.8. The minimum absolute atomic E-state index is 0.425.